The van der Waals surface area contributed by atoms with E-state index in [9.17, 15) is 19.2 Å². The average Bonchev–Trinajstić information content (AvgIpc) is 2.97. The van der Waals surface area contributed by atoms with Crippen molar-refractivity contribution in [2.45, 2.75) is 72.6 Å². The smallest absolute Gasteiger partial charge is 0.333 e. The molecule has 0 unspecified atom stereocenters. The summed E-state index contributed by atoms with van der Waals surface area (Å²) in [6.45, 7) is 12.3. The Morgan fingerprint density at radius 3 is 2.07 bits per heavy atom. The molecule has 2 rings (SSSR count). The molecule has 0 atom stereocenters. The van der Waals surface area contributed by atoms with E-state index < -0.39 is 27.5 Å². The number of nitrogens with zero attached hydrogens (tertiary/aromatic N) is 1. The van der Waals surface area contributed by atoms with E-state index >= 15 is 0 Å². The molecule has 1 fully saturated rings. The number of hydrogen-bond acceptors (Lipinski definition) is 6. The molecule has 9 heteroatoms. The van der Waals surface area contributed by atoms with E-state index in [1.165, 1.54) is 10.8 Å². The van der Waals surface area contributed by atoms with E-state index in [0.29, 0.717) is 21.1 Å². The van der Waals surface area contributed by atoms with Crippen molar-refractivity contribution in [2.75, 3.05) is 0 Å². The topological polar surface area (TPSA) is 90.0 Å². The van der Waals surface area contributed by atoms with Crippen LogP contribution in [0, 0.1) is 20.8 Å². The van der Waals surface area contributed by atoms with Gasteiger partial charge in [-0.1, -0.05) is 20.8 Å². The van der Waals surface area contributed by atoms with Crippen LogP contribution in [0.3, 0.4) is 0 Å². The number of rotatable bonds is 7. The predicted molar refractivity (Wildman–Crippen MR) is 119 cm³/mol. The van der Waals surface area contributed by atoms with Gasteiger partial charge in [0.2, 0.25) is 0 Å². The number of Topliss-reactive ketones (excluding diaryl/α,β-unsaturated/α-hetero) is 1. The largest absolute Gasteiger partial charge is 0.465 e. The van der Waals surface area contributed by atoms with Gasteiger partial charge in [0, 0.05) is 24.8 Å². The van der Waals surface area contributed by atoms with E-state index in [1.807, 2.05) is 13.8 Å². The van der Waals surface area contributed by atoms with Gasteiger partial charge in [0.25, 0.3) is 11.8 Å². The third-order valence-electron chi connectivity index (χ3n) is 5.58. The molecule has 1 aromatic rings. The van der Waals surface area contributed by atoms with E-state index in [0.717, 1.165) is 16.7 Å². The van der Waals surface area contributed by atoms with Gasteiger partial charge in [-0.25, -0.2) is 4.79 Å². The monoisotopic (exact) mass is 449 g/mol. The number of benzene rings is 1. The molecule has 1 aliphatic heterocycles. The van der Waals surface area contributed by atoms with E-state index in [4.69, 9.17) is 8.95 Å². The highest BCUT2D eigenvalue weighted by molar-refractivity contribution is 6.52. The van der Waals surface area contributed by atoms with Crippen LogP contribution in [0.25, 0.3) is 0 Å². The van der Waals surface area contributed by atoms with Gasteiger partial charge >= 0.3 is 5.97 Å². The van der Waals surface area contributed by atoms with Crippen molar-refractivity contribution in [2.24, 2.45) is 0 Å². The molecule has 0 aromatic heterocycles. The molecule has 0 spiro atoms. The van der Waals surface area contributed by atoms with Crippen molar-refractivity contribution in [1.29, 1.82) is 0 Å². The number of imide groups is 1. The Hall–Kier alpha value is -2.11. The Morgan fingerprint density at radius 1 is 1.00 bits per heavy atom. The second-order valence-corrected chi connectivity index (χ2v) is 12.1. The predicted octanol–water partition coefficient (Wildman–Crippen LogP) is 0.486. The molecule has 0 bridgehead atoms. The van der Waals surface area contributed by atoms with Gasteiger partial charge in [0.15, 0.2) is 15.5 Å². The first-order chi connectivity index (χ1) is 13.9. The third-order valence-corrected chi connectivity index (χ3v) is 7.90. The fraction of sp³-hybridized carbons (Fsp3) is 0.524. The van der Waals surface area contributed by atoms with Crippen LogP contribution in [0.1, 0.15) is 79.1 Å². The minimum atomic E-state index is -0.949. The first-order valence-electron chi connectivity index (χ1n) is 10.1. The highest BCUT2D eigenvalue weighted by Crippen LogP contribution is 2.31. The first-order valence-corrected chi connectivity index (χ1v) is 12.2. The molecule has 1 aliphatic rings. The van der Waals surface area contributed by atoms with Crippen molar-refractivity contribution in [3.05, 3.63) is 27.8 Å². The van der Waals surface area contributed by atoms with Crippen molar-refractivity contribution >= 4 is 49.0 Å². The summed E-state index contributed by atoms with van der Waals surface area (Å²) in [6.07, 6.45) is -0.173. The second kappa shape index (κ2) is 9.36. The molecule has 30 heavy (non-hydrogen) atoms. The maximum atomic E-state index is 13.3. The highest BCUT2D eigenvalue weighted by atomic mass is 28.3. The Morgan fingerprint density at radius 2 is 1.57 bits per heavy atom. The molecule has 1 saturated heterocycles. The summed E-state index contributed by atoms with van der Waals surface area (Å²) in [5.41, 5.74) is 4.59. The maximum Gasteiger partial charge on any atom is 0.333 e. The number of hydroxylamine groups is 2. The number of carbonyl (C=O) groups excluding carboxylic acids is 4. The van der Waals surface area contributed by atoms with Crippen LogP contribution in [0.15, 0.2) is 0 Å². The standard InChI is InChI=1S/C21H31NO6Si2/c1-11-12(2)18(19(21(4,5)6)20(13(11)3)30-28-29)14(23)7-10-17(26)27-22-15(24)8-9-16(22)25/h7-10,30H2,1-6,29H3. The minimum Gasteiger partial charge on any atom is -0.465 e. The lowest BCUT2D eigenvalue weighted by Gasteiger charge is -2.30. The molecule has 164 valence electrons. The molecule has 0 radical (unpaired) electrons. The highest BCUT2D eigenvalue weighted by Gasteiger charge is 2.33. The maximum absolute atomic E-state index is 13.3. The number of amides is 2. The molecule has 0 N–H and O–H groups in total. The zero-order chi connectivity index (χ0) is 22.8. The molecule has 1 aromatic carbocycles. The summed E-state index contributed by atoms with van der Waals surface area (Å²) in [7, 11) is -0.298. The molecular formula is C21H31NO6Si2. The molecule has 7 nitrogen and oxygen atoms in total. The molecule has 0 saturated carbocycles. The van der Waals surface area contributed by atoms with Crippen LogP contribution in [-0.4, -0.2) is 48.9 Å². The van der Waals surface area contributed by atoms with E-state index in [-0.39, 0.29) is 36.9 Å². The summed E-state index contributed by atoms with van der Waals surface area (Å²) in [5, 5.41) is 1.68. The summed E-state index contributed by atoms with van der Waals surface area (Å²) >= 11 is 0. The Bertz CT molecular complexity index is 888. The number of hydrogen-bond donors (Lipinski definition) is 0. The van der Waals surface area contributed by atoms with Gasteiger partial charge in [-0.15, -0.1) is 5.06 Å². The zero-order valence-corrected chi connectivity index (χ0v) is 22.3. The van der Waals surface area contributed by atoms with Gasteiger partial charge in [-0.2, -0.15) is 0 Å². The second-order valence-electron chi connectivity index (χ2n) is 8.75. The van der Waals surface area contributed by atoms with Crippen molar-refractivity contribution < 1.29 is 28.1 Å². The summed E-state index contributed by atoms with van der Waals surface area (Å²) < 4.78 is 5.69. The SMILES string of the molecule is Cc1c(C)c([SiH2]O[SiH3])c(C(C)(C)C)c(C(=O)CCC(=O)ON2C(=O)CCC2=O)c1C. The number of ketones is 1. The molecule has 2 amide bonds. The van der Waals surface area contributed by atoms with Crippen LogP contribution in [0.5, 0.6) is 0 Å². The first kappa shape index (κ1) is 24.2. The van der Waals surface area contributed by atoms with Crippen molar-refractivity contribution in [3.8, 4) is 0 Å². The fourth-order valence-electron chi connectivity index (χ4n) is 3.87. The van der Waals surface area contributed by atoms with Gasteiger partial charge in [-0.05, 0) is 53.6 Å². The van der Waals surface area contributed by atoms with Crippen LogP contribution >= 0.6 is 0 Å². The zero-order valence-electron chi connectivity index (χ0n) is 18.9. The lowest BCUT2D eigenvalue weighted by atomic mass is 9.78. The number of carbonyl (C=O) groups is 4. The Balaban J connectivity index is 2.31. The van der Waals surface area contributed by atoms with Gasteiger partial charge in [0.1, 0.15) is 10.5 Å². The average molecular weight is 450 g/mol. The van der Waals surface area contributed by atoms with Gasteiger partial charge < -0.3 is 8.95 Å². The Kier molecular flexibility index (Phi) is 7.54. The Labute approximate surface area is 182 Å². The van der Waals surface area contributed by atoms with Crippen molar-refractivity contribution in [1.82, 2.24) is 5.06 Å². The fourth-order valence-corrected chi connectivity index (χ4v) is 6.36. The van der Waals surface area contributed by atoms with Crippen LogP contribution < -0.4 is 5.19 Å². The summed E-state index contributed by atoms with van der Waals surface area (Å²) in [6, 6.07) is 0. The normalized spacial score (nSPS) is 14.9. The van der Waals surface area contributed by atoms with Crippen LogP contribution in [-0.2, 0) is 28.8 Å². The lowest BCUT2D eigenvalue weighted by molar-refractivity contribution is -0.197. The minimum absolute atomic E-state index is 0.0385. The summed E-state index contributed by atoms with van der Waals surface area (Å²) in [4.78, 5) is 53.5. The lowest BCUT2D eigenvalue weighted by Crippen LogP contribution is -2.35. The molecule has 0 aliphatic carbocycles. The third kappa shape index (κ3) is 4.96. The quantitative estimate of drug-likeness (QED) is 0.342. The van der Waals surface area contributed by atoms with E-state index in [2.05, 4.69) is 27.7 Å². The van der Waals surface area contributed by atoms with Crippen molar-refractivity contribution in [3.63, 3.8) is 0 Å². The molecule has 1 heterocycles. The molecular weight excluding hydrogens is 418 g/mol. The summed E-state index contributed by atoms with van der Waals surface area (Å²) in [5.74, 6) is -1.96. The van der Waals surface area contributed by atoms with Crippen LogP contribution in [0.4, 0.5) is 0 Å². The van der Waals surface area contributed by atoms with Gasteiger partial charge in [-0.3, -0.25) is 14.4 Å². The van der Waals surface area contributed by atoms with Gasteiger partial charge in [0.05, 0.1) is 6.42 Å². The van der Waals surface area contributed by atoms with E-state index in [1.54, 1.807) is 0 Å². The van der Waals surface area contributed by atoms with Crippen LogP contribution in [0.2, 0.25) is 0 Å².